The van der Waals surface area contributed by atoms with Crippen LogP contribution in [0.25, 0.3) is 28.0 Å². The molecule has 0 bridgehead atoms. The Morgan fingerprint density at radius 1 is 1.11 bits per heavy atom. The molecule has 188 valence electrons. The van der Waals surface area contributed by atoms with Crippen LogP contribution in [0.1, 0.15) is 6.92 Å². The highest BCUT2D eigenvalue weighted by atomic mass is 35.5. The monoisotopic (exact) mass is 533 g/mol. The Hall–Kier alpha value is -3.95. The van der Waals surface area contributed by atoms with Gasteiger partial charge in [-0.05, 0) is 55.5 Å². The largest absolute Gasteiger partial charge is 0.495 e. The first-order valence-corrected chi connectivity index (χ1v) is 12.9. The number of methoxy groups -OCH3 is 1. The Balaban J connectivity index is 1.46. The van der Waals surface area contributed by atoms with Gasteiger partial charge < -0.3 is 19.8 Å². The number of H-pyrrole nitrogens is 1. The van der Waals surface area contributed by atoms with Crippen molar-refractivity contribution < 1.29 is 14.3 Å². The van der Waals surface area contributed by atoms with Gasteiger partial charge in [0.2, 0.25) is 5.91 Å². The van der Waals surface area contributed by atoms with Gasteiger partial charge in [-0.3, -0.25) is 9.36 Å². The number of halogens is 1. The molecule has 0 unspecified atom stereocenters. The van der Waals surface area contributed by atoms with Crippen LogP contribution in [0.2, 0.25) is 5.02 Å². The summed E-state index contributed by atoms with van der Waals surface area (Å²) in [4.78, 5) is 16.1. The lowest BCUT2D eigenvalue weighted by atomic mass is 10.1. The summed E-state index contributed by atoms with van der Waals surface area (Å²) >= 11 is 7.38. The van der Waals surface area contributed by atoms with Crippen molar-refractivity contribution in [2.75, 3.05) is 24.8 Å². The maximum absolute atomic E-state index is 12.8. The summed E-state index contributed by atoms with van der Waals surface area (Å²) in [5.74, 6) is 1.86. The van der Waals surface area contributed by atoms with Gasteiger partial charge in [-0.1, -0.05) is 41.6 Å². The number of nitrogens with one attached hydrogen (secondary N) is 2. The van der Waals surface area contributed by atoms with E-state index in [9.17, 15) is 4.79 Å². The molecular weight excluding hydrogens is 510 g/mol. The number of carbonyl (C=O) groups excluding carboxylic acids is 1. The molecule has 0 atom stereocenters. The number of benzene rings is 3. The third kappa shape index (κ3) is 5.28. The van der Waals surface area contributed by atoms with E-state index >= 15 is 0 Å². The van der Waals surface area contributed by atoms with Crippen molar-refractivity contribution in [3.63, 3.8) is 0 Å². The quantitative estimate of drug-likeness (QED) is 0.219. The molecule has 8 nitrogen and oxygen atoms in total. The van der Waals surface area contributed by atoms with Gasteiger partial charge in [0.05, 0.1) is 25.2 Å². The van der Waals surface area contributed by atoms with Gasteiger partial charge in [-0.25, -0.2) is 0 Å². The SMILES string of the molecule is CCOc1ccc(-n2c(SCC(=O)Nc3cc(Cl)ccc3OC)nnc2-c2c[nH]c3ccccc23)cc1. The van der Waals surface area contributed by atoms with Crippen LogP contribution in [-0.4, -0.2) is 45.1 Å². The Bertz CT molecular complexity index is 1550. The number of amides is 1. The van der Waals surface area contributed by atoms with Gasteiger partial charge in [0.15, 0.2) is 11.0 Å². The Kier molecular flexibility index (Phi) is 7.34. The molecule has 0 saturated heterocycles. The van der Waals surface area contributed by atoms with Crippen LogP contribution < -0.4 is 14.8 Å². The number of hydrogen-bond donors (Lipinski definition) is 2. The number of carbonyl (C=O) groups is 1. The van der Waals surface area contributed by atoms with Crippen LogP contribution in [0.4, 0.5) is 5.69 Å². The minimum Gasteiger partial charge on any atom is -0.495 e. The van der Waals surface area contributed by atoms with E-state index in [1.54, 1.807) is 25.3 Å². The third-order valence-corrected chi connectivity index (χ3v) is 6.80. The van der Waals surface area contributed by atoms with E-state index in [0.29, 0.717) is 34.0 Å². The number of ether oxygens (including phenoxy) is 2. The zero-order valence-electron chi connectivity index (χ0n) is 20.2. The Morgan fingerprint density at radius 2 is 1.92 bits per heavy atom. The molecule has 10 heteroatoms. The summed E-state index contributed by atoms with van der Waals surface area (Å²) in [6, 6.07) is 20.8. The number of rotatable bonds is 9. The molecular formula is C27H24ClN5O3S. The first kappa shape index (κ1) is 24.7. The van der Waals surface area contributed by atoms with Crippen molar-refractivity contribution in [1.29, 1.82) is 0 Å². The number of fused-ring (bicyclic) bond motifs is 1. The molecule has 2 N–H and O–H groups in total. The van der Waals surface area contributed by atoms with Crippen LogP contribution in [0.15, 0.2) is 78.1 Å². The summed E-state index contributed by atoms with van der Waals surface area (Å²) < 4.78 is 12.9. The fraction of sp³-hybridized carbons (Fsp3) is 0.148. The summed E-state index contributed by atoms with van der Waals surface area (Å²) in [7, 11) is 1.54. The van der Waals surface area contributed by atoms with Crippen molar-refractivity contribution in [3.8, 4) is 28.6 Å². The van der Waals surface area contributed by atoms with E-state index in [0.717, 1.165) is 27.9 Å². The van der Waals surface area contributed by atoms with Crippen molar-refractivity contribution in [1.82, 2.24) is 19.7 Å². The normalized spacial score (nSPS) is 11.0. The fourth-order valence-electron chi connectivity index (χ4n) is 3.98. The van der Waals surface area contributed by atoms with E-state index in [2.05, 4.69) is 20.5 Å². The van der Waals surface area contributed by atoms with E-state index < -0.39 is 0 Å². The maximum atomic E-state index is 12.8. The van der Waals surface area contributed by atoms with Crippen molar-refractivity contribution in [3.05, 3.63) is 77.9 Å². The summed E-state index contributed by atoms with van der Waals surface area (Å²) in [5, 5.41) is 13.9. The molecule has 0 radical (unpaired) electrons. The predicted octanol–water partition coefficient (Wildman–Crippen LogP) is 6.21. The van der Waals surface area contributed by atoms with Gasteiger partial charge >= 0.3 is 0 Å². The number of aromatic amines is 1. The molecule has 5 rings (SSSR count). The molecule has 37 heavy (non-hydrogen) atoms. The molecule has 0 spiro atoms. The lowest BCUT2D eigenvalue weighted by Gasteiger charge is -2.12. The van der Waals surface area contributed by atoms with E-state index in [-0.39, 0.29) is 11.7 Å². The number of hydrogen-bond acceptors (Lipinski definition) is 6. The topological polar surface area (TPSA) is 94.1 Å². The van der Waals surface area contributed by atoms with Gasteiger partial charge in [0, 0.05) is 33.4 Å². The molecule has 0 aliphatic carbocycles. The Morgan fingerprint density at radius 3 is 2.70 bits per heavy atom. The highest BCUT2D eigenvalue weighted by Gasteiger charge is 2.20. The average Bonchev–Trinajstić information content (AvgIpc) is 3.52. The number of para-hydroxylation sites is 1. The van der Waals surface area contributed by atoms with Gasteiger partial charge in [0.1, 0.15) is 11.5 Å². The van der Waals surface area contributed by atoms with Crippen molar-refractivity contribution in [2.24, 2.45) is 0 Å². The van der Waals surface area contributed by atoms with E-state index in [1.807, 2.05) is 66.2 Å². The van der Waals surface area contributed by atoms with Crippen molar-refractivity contribution in [2.45, 2.75) is 12.1 Å². The molecule has 0 fully saturated rings. The summed E-state index contributed by atoms with van der Waals surface area (Å²) in [6.45, 7) is 2.53. The standard InChI is InChI=1S/C27H24ClN5O3S/c1-3-36-19-11-9-18(10-12-19)33-26(21-15-29-22-7-5-4-6-20(21)22)31-32-27(33)37-16-25(34)30-23-14-17(28)8-13-24(23)35-2/h4-15,29H,3,16H2,1-2H3,(H,30,34). The van der Waals surface area contributed by atoms with Crippen molar-refractivity contribution >= 4 is 45.9 Å². The van der Waals surface area contributed by atoms with Gasteiger partial charge in [-0.15, -0.1) is 10.2 Å². The first-order chi connectivity index (χ1) is 18.1. The summed E-state index contributed by atoms with van der Waals surface area (Å²) in [5.41, 5.74) is 3.28. The minimum absolute atomic E-state index is 0.110. The average molecular weight is 534 g/mol. The minimum atomic E-state index is -0.222. The van der Waals surface area contributed by atoms with Crippen LogP contribution in [0.3, 0.4) is 0 Å². The molecule has 0 saturated carbocycles. The second kappa shape index (κ2) is 11.0. The zero-order valence-corrected chi connectivity index (χ0v) is 21.8. The number of thioether (sulfide) groups is 1. The predicted molar refractivity (Wildman–Crippen MR) is 147 cm³/mol. The highest BCUT2D eigenvalue weighted by molar-refractivity contribution is 7.99. The molecule has 1 amide bonds. The molecule has 5 aromatic rings. The second-order valence-electron chi connectivity index (χ2n) is 8.00. The van der Waals surface area contributed by atoms with Crippen LogP contribution in [0, 0.1) is 0 Å². The molecule has 3 aromatic carbocycles. The molecule has 0 aliphatic heterocycles. The van der Waals surface area contributed by atoms with Crippen LogP contribution in [0.5, 0.6) is 11.5 Å². The van der Waals surface area contributed by atoms with E-state index in [4.69, 9.17) is 21.1 Å². The molecule has 0 aliphatic rings. The smallest absolute Gasteiger partial charge is 0.234 e. The number of nitrogens with zero attached hydrogens (tertiary/aromatic N) is 3. The Labute approximate surface area is 223 Å². The second-order valence-corrected chi connectivity index (χ2v) is 9.38. The van der Waals surface area contributed by atoms with Crippen LogP contribution >= 0.6 is 23.4 Å². The molecule has 2 aromatic heterocycles. The lowest BCUT2D eigenvalue weighted by Crippen LogP contribution is -2.15. The number of anilines is 1. The third-order valence-electron chi connectivity index (χ3n) is 5.64. The van der Waals surface area contributed by atoms with Crippen LogP contribution in [-0.2, 0) is 4.79 Å². The summed E-state index contributed by atoms with van der Waals surface area (Å²) in [6.07, 6.45) is 1.92. The fourth-order valence-corrected chi connectivity index (χ4v) is 4.90. The zero-order chi connectivity index (χ0) is 25.8. The lowest BCUT2D eigenvalue weighted by molar-refractivity contribution is -0.113. The maximum Gasteiger partial charge on any atom is 0.234 e. The van der Waals surface area contributed by atoms with E-state index in [1.165, 1.54) is 11.8 Å². The van der Waals surface area contributed by atoms with Gasteiger partial charge in [0.25, 0.3) is 0 Å². The number of aromatic nitrogens is 4. The first-order valence-electron chi connectivity index (χ1n) is 11.6. The van der Waals surface area contributed by atoms with Gasteiger partial charge in [-0.2, -0.15) is 0 Å². The highest BCUT2D eigenvalue weighted by Crippen LogP contribution is 2.33. The molecule has 2 heterocycles.